The van der Waals surface area contributed by atoms with Gasteiger partial charge in [0.15, 0.2) is 15.7 Å². The predicted molar refractivity (Wildman–Crippen MR) is 117 cm³/mol. The maximum atomic E-state index is 12.8. The summed E-state index contributed by atoms with van der Waals surface area (Å²) < 4.78 is 25.1. The van der Waals surface area contributed by atoms with E-state index in [0.717, 1.165) is 6.26 Å². The van der Waals surface area contributed by atoms with Crippen LogP contribution in [0.1, 0.15) is 29.1 Å². The summed E-state index contributed by atoms with van der Waals surface area (Å²) in [6, 6.07) is 3.31. The van der Waals surface area contributed by atoms with Gasteiger partial charge in [-0.05, 0) is 25.1 Å². The molecular weight excluding hydrogens is 465 g/mol. The molecule has 13 heteroatoms. The molecule has 164 valence electrons. The number of nitrogens with zero attached hydrogens (tertiary/aromatic N) is 6. The van der Waals surface area contributed by atoms with E-state index in [9.17, 15) is 13.2 Å². The standard InChI is InChI=1S/C18H19Cl2N7O3S/c1-10(23-16(28)11-5-12(19)7-14(6-11)31(4,29)30)15-24-18(26(2)3)25-27(15)17-21-8-13(20)9-22-17/h5-10H,1-4H3,(H,23,28)/t10-/m0/s1. The fourth-order valence-corrected chi connectivity index (χ4v) is 3.68. The van der Waals surface area contributed by atoms with Crippen LogP contribution in [-0.2, 0) is 9.84 Å². The van der Waals surface area contributed by atoms with E-state index in [1.807, 2.05) is 0 Å². The smallest absolute Gasteiger partial charge is 0.252 e. The third kappa shape index (κ3) is 5.30. The molecular formula is C18H19Cl2N7O3S. The lowest BCUT2D eigenvalue weighted by Crippen LogP contribution is -2.29. The zero-order chi connectivity index (χ0) is 22.9. The van der Waals surface area contributed by atoms with E-state index >= 15 is 0 Å². The molecule has 31 heavy (non-hydrogen) atoms. The minimum atomic E-state index is -3.54. The van der Waals surface area contributed by atoms with Gasteiger partial charge < -0.3 is 10.2 Å². The number of nitrogens with one attached hydrogen (secondary N) is 1. The molecule has 0 aliphatic rings. The van der Waals surface area contributed by atoms with Crippen LogP contribution in [0.5, 0.6) is 0 Å². The fraction of sp³-hybridized carbons (Fsp3) is 0.278. The van der Waals surface area contributed by atoms with Crippen LogP contribution in [0.4, 0.5) is 5.95 Å². The highest BCUT2D eigenvalue weighted by Crippen LogP contribution is 2.21. The Balaban J connectivity index is 1.95. The zero-order valence-electron chi connectivity index (χ0n) is 17.0. The molecule has 0 aliphatic carbocycles. The first kappa shape index (κ1) is 22.9. The van der Waals surface area contributed by atoms with Crippen LogP contribution >= 0.6 is 23.2 Å². The summed E-state index contributed by atoms with van der Waals surface area (Å²) in [5, 5.41) is 7.66. The largest absolute Gasteiger partial charge is 0.346 e. The first-order valence-electron chi connectivity index (χ1n) is 8.89. The maximum absolute atomic E-state index is 12.8. The summed E-state index contributed by atoms with van der Waals surface area (Å²) in [7, 11) is 0.00566. The summed E-state index contributed by atoms with van der Waals surface area (Å²) in [5.74, 6) is 0.447. The predicted octanol–water partition coefficient (Wildman–Crippen LogP) is 2.32. The summed E-state index contributed by atoms with van der Waals surface area (Å²) in [6.07, 6.45) is 3.89. The van der Waals surface area contributed by atoms with Crippen LogP contribution in [0.3, 0.4) is 0 Å². The number of hydrogen-bond donors (Lipinski definition) is 1. The molecule has 2 aromatic heterocycles. The molecule has 2 heterocycles. The number of aromatic nitrogens is 5. The van der Waals surface area contributed by atoms with Crippen molar-refractivity contribution < 1.29 is 13.2 Å². The first-order valence-corrected chi connectivity index (χ1v) is 11.5. The van der Waals surface area contributed by atoms with Crippen molar-refractivity contribution in [2.24, 2.45) is 0 Å². The molecule has 0 fully saturated rings. The average molecular weight is 484 g/mol. The van der Waals surface area contributed by atoms with Gasteiger partial charge in [-0.3, -0.25) is 4.79 Å². The van der Waals surface area contributed by atoms with Gasteiger partial charge in [-0.25, -0.2) is 18.4 Å². The highest BCUT2D eigenvalue weighted by molar-refractivity contribution is 7.90. The second kappa shape index (κ2) is 8.77. The fourth-order valence-electron chi connectivity index (χ4n) is 2.60. The van der Waals surface area contributed by atoms with Crippen LogP contribution in [0.25, 0.3) is 5.95 Å². The monoisotopic (exact) mass is 483 g/mol. The molecule has 1 amide bonds. The van der Waals surface area contributed by atoms with E-state index in [1.165, 1.54) is 35.3 Å². The van der Waals surface area contributed by atoms with Crippen LogP contribution < -0.4 is 10.2 Å². The third-order valence-electron chi connectivity index (χ3n) is 4.11. The van der Waals surface area contributed by atoms with Gasteiger partial charge >= 0.3 is 0 Å². The Kier molecular flexibility index (Phi) is 6.48. The van der Waals surface area contributed by atoms with Crippen molar-refractivity contribution in [3.63, 3.8) is 0 Å². The molecule has 3 rings (SSSR count). The topological polar surface area (TPSA) is 123 Å². The molecule has 0 unspecified atom stereocenters. The van der Waals surface area contributed by atoms with Gasteiger partial charge in [0.2, 0.25) is 5.95 Å². The van der Waals surface area contributed by atoms with E-state index in [0.29, 0.717) is 16.8 Å². The highest BCUT2D eigenvalue weighted by atomic mass is 35.5. The number of carbonyl (C=O) groups is 1. The van der Waals surface area contributed by atoms with Gasteiger partial charge in [0.05, 0.1) is 28.4 Å². The van der Waals surface area contributed by atoms with Crippen molar-refractivity contribution in [2.45, 2.75) is 17.9 Å². The van der Waals surface area contributed by atoms with Crippen molar-refractivity contribution in [2.75, 3.05) is 25.3 Å². The normalized spacial score (nSPS) is 12.5. The van der Waals surface area contributed by atoms with Gasteiger partial charge in [-0.1, -0.05) is 23.2 Å². The summed E-state index contributed by atoms with van der Waals surface area (Å²) in [5.41, 5.74) is 0.0985. The van der Waals surface area contributed by atoms with E-state index < -0.39 is 21.8 Å². The van der Waals surface area contributed by atoms with Gasteiger partial charge in [0, 0.05) is 30.9 Å². The molecule has 0 aliphatic heterocycles. The van der Waals surface area contributed by atoms with Crippen molar-refractivity contribution >= 4 is 44.9 Å². The van der Waals surface area contributed by atoms with Crippen LogP contribution in [0.2, 0.25) is 10.0 Å². The van der Waals surface area contributed by atoms with Gasteiger partial charge in [0.25, 0.3) is 11.9 Å². The lowest BCUT2D eigenvalue weighted by molar-refractivity contribution is 0.0937. The Bertz CT molecular complexity index is 1230. The van der Waals surface area contributed by atoms with E-state index in [2.05, 4.69) is 25.4 Å². The lowest BCUT2D eigenvalue weighted by Gasteiger charge is -2.14. The molecule has 1 atom stereocenters. The Labute approximate surface area is 189 Å². The Morgan fingerprint density at radius 3 is 2.35 bits per heavy atom. The van der Waals surface area contributed by atoms with E-state index in [4.69, 9.17) is 23.2 Å². The number of benzene rings is 1. The van der Waals surface area contributed by atoms with Crippen LogP contribution in [0.15, 0.2) is 35.5 Å². The number of anilines is 1. The Morgan fingerprint density at radius 1 is 1.13 bits per heavy atom. The maximum Gasteiger partial charge on any atom is 0.252 e. The van der Waals surface area contributed by atoms with Crippen molar-refractivity contribution in [3.8, 4) is 5.95 Å². The summed E-state index contributed by atoms with van der Waals surface area (Å²) in [6.45, 7) is 1.70. The minimum Gasteiger partial charge on any atom is -0.346 e. The second-order valence-corrected chi connectivity index (χ2v) is 9.81. The molecule has 10 nitrogen and oxygen atoms in total. The number of sulfone groups is 1. The van der Waals surface area contributed by atoms with Crippen LogP contribution in [0, 0.1) is 0 Å². The second-order valence-electron chi connectivity index (χ2n) is 6.92. The van der Waals surface area contributed by atoms with Crippen molar-refractivity contribution in [1.82, 2.24) is 30.0 Å². The molecule has 1 aromatic carbocycles. The van der Waals surface area contributed by atoms with Crippen LogP contribution in [-0.4, -0.2) is 59.4 Å². The Morgan fingerprint density at radius 2 is 1.77 bits per heavy atom. The quantitative estimate of drug-likeness (QED) is 0.566. The van der Waals surface area contributed by atoms with E-state index in [1.54, 1.807) is 25.9 Å². The minimum absolute atomic E-state index is 0.0505. The number of amides is 1. The first-order chi connectivity index (χ1) is 14.5. The molecule has 0 bridgehead atoms. The number of halogens is 2. The Hall–Kier alpha value is -2.76. The zero-order valence-corrected chi connectivity index (χ0v) is 19.4. The molecule has 0 saturated carbocycles. The van der Waals surface area contributed by atoms with Gasteiger partial charge in [-0.15, -0.1) is 5.10 Å². The molecule has 0 saturated heterocycles. The number of rotatable bonds is 6. The van der Waals surface area contributed by atoms with Gasteiger partial charge in [-0.2, -0.15) is 9.67 Å². The molecule has 1 N–H and O–H groups in total. The molecule has 3 aromatic rings. The lowest BCUT2D eigenvalue weighted by atomic mass is 10.2. The SMILES string of the molecule is C[C@H](NC(=O)c1cc(Cl)cc(S(C)(=O)=O)c1)c1nc(N(C)C)nn1-c1ncc(Cl)cn1. The highest BCUT2D eigenvalue weighted by Gasteiger charge is 2.23. The molecule has 0 spiro atoms. The average Bonchev–Trinajstić information content (AvgIpc) is 3.13. The molecule has 0 radical (unpaired) electrons. The van der Waals surface area contributed by atoms with Crippen molar-refractivity contribution in [1.29, 1.82) is 0 Å². The number of hydrogen-bond acceptors (Lipinski definition) is 8. The third-order valence-corrected chi connectivity index (χ3v) is 5.62. The van der Waals surface area contributed by atoms with E-state index in [-0.39, 0.29) is 21.4 Å². The number of carbonyl (C=O) groups excluding carboxylic acids is 1. The van der Waals surface area contributed by atoms with Gasteiger partial charge in [0.1, 0.15) is 0 Å². The summed E-state index contributed by atoms with van der Waals surface area (Å²) in [4.78, 5) is 27.2. The van der Waals surface area contributed by atoms with Crippen molar-refractivity contribution in [3.05, 3.63) is 52.0 Å². The summed E-state index contributed by atoms with van der Waals surface area (Å²) >= 11 is 11.9.